The molecule has 8 nitrogen and oxygen atoms in total. The molecule has 0 saturated carbocycles. The second kappa shape index (κ2) is 4.77. The molecule has 19 heavy (non-hydrogen) atoms. The number of carbonyl (C=O) groups excluding carboxylic acids is 1. The van der Waals surface area contributed by atoms with Crippen molar-refractivity contribution in [2.75, 3.05) is 11.1 Å². The minimum Gasteiger partial charge on any atom is -0.396 e. The number of hydrogen-bond donors (Lipinski definition) is 2. The van der Waals surface area contributed by atoms with Crippen LogP contribution in [0.3, 0.4) is 0 Å². The average molecular weight is 261 g/mol. The minimum atomic E-state index is -0.564. The van der Waals surface area contributed by atoms with E-state index in [1.807, 2.05) is 0 Å². The van der Waals surface area contributed by atoms with Gasteiger partial charge in [-0.3, -0.25) is 14.9 Å². The van der Waals surface area contributed by atoms with Gasteiger partial charge in [-0.1, -0.05) is 0 Å². The SMILES string of the molecule is Cn1cc([N+](=O)[O-])cc1C(=O)Nc1ncccc1N. The first-order chi connectivity index (χ1) is 8.99. The second-order valence-electron chi connectivity index (χ2n) is 3.85. The van der Waals surface area contributed by atoms with Gasteiger partial charge in [-0.2, -0.15) is 0 Å². The maximum atomic E-state index is 12.0. The average Bonchev–Trinajstić information content (AvgIpc) is 2.74. The first-order valence-electron chi connectivity index (χ1n) is 5.31. The molecular formula is C11H11N5O3. The van der Waals surface area contributed by atoms with E-state index in [4.69, 9.17) is 5.73 Å². The largest absolute Gasteiger partial charge is 0.396 e. The van der Waals surface area contributed by atoms with E-state index in [2.05, 4.69) is 10.3 Å². The summed E-state index contributed by atoms with van der Waals surface area (Å²) >= 11 is 0. The summed E-state index contributed by atoms with van der Waals surface area (Å²) in [5, 5.41) is 13.1. The number of aromatic nitrogens is 2. The number of nitrogens with two attached hydrogens (primary N) is 1. The van der Waals surface area contributed by atoms with Crippen LogP contribution < -0.4 is 11.1 Å². The van der Waals surface area contributed by atoms with Crippen molar-refractivity contribution in [2.45, 2.75) is 0 Å². The fourth-order valence-electron chi connectivity index (χ4n) is 1.57. The number of anilines is 2. The number of nitro groups is 1. The zero-order valence-corrected chi connectivity index (χ0v) is 10.0. The van der Waals surface area contributed by atoms with Crippen LogP contribution >= 0.6 is 0 Å². The Morgan fingerprint density at radius 2 is 2.32 bits per heavy atom. The Labute approximate surface area is 108 Å². The lowest BCUT2D eigenvalue weighted by Crippen LogP contribution is -2.17. The summed E-state index contributed by atoms with van der Waals surface area (Å²) in [7, 11) is 1.55. The number of aryl methyl sites for hydroxylation is 1. The van der Waals surface area contributed by atoms with E-state index >= 15 is 0 Å². The maximum absolute atomic E-state index is 12.0. The summed E-state index contributed by atoms with van der Waals surface area (Å²) in [6, 6.07) is 4.42. The molecule has 2 aromatic rings. The van der Waals surface area contributed by atoms with Crippen molar-refractivity contribution in [2.24, 2.45) is 7.05 Å². The molecule has 0 fully saturated rings. The maximum Gasteiger partial charge on any atom is 0.287 e. The van der Waals surface area contributed by atoms with Gasteiger partial charge in [0, 0.05) is 19.3 Å². The lowest BCUT2D eigenvalue weighted by atomic mass is 10.3. The van der Waals surface area contributed by atoms with Crippen LogP contribution in [0.25, 0.3) is 0 Å². The van der Waals surface area contributed by atoms with Crippen LogP contribution in [0.5, 0.6) is 0 Å². The van der Waals surface area contributed by atoms with Crippen molar-refractivity contribution < 1.29 is 9.72 Å². The first-order valence-corrected chi connectivity index (χ1v) is 5.31. The third-order valence-corrected chi connectivity index (χ3v) is 2.50. The van der Waals surface area contributed by atoms with Crippen molar-refractivity contribution in [1.82, 2.24) is 9.55 Å². The predicted molar refractivity (Wildman–Crippen MR) is 68.7 cm³/mol. The van der Waals surface area contributed by atoms with Gasteiger partial charge in [-0.25, -0.2) is 4.98 Å². The van der Waals surface area contributed by atoms with E-state index < -0.39 is 10.8 Å². The third-order valence-electron chi connectivity index (χ3n) is 2.50. The van der Waals surface area contributed by atoms with Gasteiger partial charge in [0.1, 0.15) is 5.69 Å². The summed E-state index contributed by atoms with van der Waals surface area (Å²) in [5.74, 6) is -0.294. The number of nitrogens with one attached hydrogen (secondary N) is 1. The Bertz CT molecular complexity index is 650. The van der Waals surface area contributed by atoms with Gasteiger partial charge in [0.15, 0.2) is 5.82 Å². The Morgan fingerprint density at radius 1 is 1.58 bits per heavy atom. The summed E-state index contributed by atoms with van der Waals surface area (Å²) in [6.07, 6.45) is 2.75. The number of amides is 1. The molecule has 0 radical (unpaired) electrons. The number of pyridine rings is 1. The molecule has 0 aliphatic rings. The standard InChI is InChI=1S/C11H11N5O3/c1-15-6-7(16(18)19)5-9(15)11(17)14-10-8(12)3-2-4-13-10/h2-6H,12H2,1H3,(H,13,14,17). The molecule has 2 heterocycles. The van der Waals surface area contributed by atoms with Crippen molar-refractivity contribution in [3.8, 4) is 0 Å². The molecule has 98 valence electrons. The Kier molecular flexibility index (Phi) is 3.15. The fourth-order valence-corrected chi connectivity index (χ4v) is 1.57. The van der Waals surface area contributed by atoms with Gasteiger partial charge in [0.2, 0.25) is 0 Å². The highest BCUT2D eigenvalue weighted by Gasteiger charge is 2.18. The number of nitrogen functional groups attached to an aromatic ring is 1. The minimum absolute atomic E-state index is 0.150. The number of rotatable bonds is 3. The quantitative estimate of drug-likeness (QED) is 0.635. The molecule has 3 N–H and O–H groups in total. The zero-order valence-electron chi connectivity index (χ0n) is 10.0. The van der Waals surface area contributed by atoms with E-state index in [1.54, 1.807) is 19.2 Å². The molecule has 2 rings (SSSR count). The smallest absolute Gasteiger partial charge is 0.287 e. The lowest BCUT2D eigenvalue weighted by Gasteiger charge is -2.06. The van der Waals surface area contributed by atoms with Crippen LogP contribution in [-0.2, 0) is 7.05 Å². The number of carbonyl (C=O) groups is 1. The van der Waals surface area contributed by atoms with Crippen molar-refractivity contribution in [3.05, 3.63) is 46.4 Å². The third kappa shape index (κ3) is 2.51. The zero-order chi connectivity index (χ0) is 14.0. The molecule has 0 spiro atoms. The Morgan fingerprint density at radius 3 is 2.89 bits per heavy atom. The van der Waals surface area contributed by atoms with E-state index in [0.29, 0.717) is 5.69 Å². The molecule has 2 aromatic heterocycles. The molecule has 8 heteroatoms. The van der Waals surface area contributed by atoms with Gasteiger partial charge < -0.3 is 15.6 Å². The Hall–Kier alpha value is -2.90. The molecule has 0 saturated heterocycles. The summed E-state index contributed by atoms with van der Waals surface area (Å²) in [5.41, 5.74) is 5.96. The number of nitrogens with zero attached hydrogens (tertiary/aromatic N) is 3. The van der Waals surface area contributed by atoms with Crippen LogP contribution in [0.15, 0.2) is 30.6 Å². The molecule has 0 atom stereocenters. The highest BCUT2D eigenvalue weighted by molar-refractivity contribution is 6.04. The van der Waals surface area contributed by atoms with Crippen molar-refractivity contribution in [3.63, 3.8) is 0 Å². The van der Waals surface area contributed by atoms with Crippen LogP contribution in [0, 0.1) is 10.1 Å². The van der Waals surface area contributed by atoms with Crippen LogP contribution in [0.1, 0.15) is 10.5 Å². The van der Waals surface area contributed by atoms with Gasteiger partial charge in [0.05, 0.1) is 16.8 Å². The normalized spacial score (nSPS) is 10.2. The molecule has 0 aliphatic carbocycles. The van der Waals surface area contributed by atoms with E-state index in [9.17, 15) is 14.9 Å². The van der Waals surface area contributed by atoms with Crippen molar-refractivity contribution >= 4 is 23.1 Å². The highest BCUT2D eigenvalue weighted by atomic mass is 16.6. The molecule has 1 amide bonds. The predicted octanol–water partition coefficient (Wildman–Crippen LogP) is 1.16. The van der Waals surface area contributed by atoms with E-state index in [0.717, 1.165) is 0 Å². The Balaban J connectivity index is 2.26. The number of hydrogen-bond acceptors (Lipinski definition) is 5. The van der Waals surface area contributed by atoms with Crippen LogP contribution in [0.2, 0.25) is 0 Å². The molecule has 0 aliphatic heterocycles. The van der Waals surface area contributed by atoms with Gasteiger partial charge >= 0.3 is 0 Å². The van der Waals surface area contributed by atoms with Gasteiger partial charge in [-0.05, 0) is 12.1 Å². The molecule has 0 aromatic carbocycles. The molecule has 0 unspecified atom stereocenters. The monoisotopic (exact) mass is 261 g/mol. The second-order valence-corrected chi connectivity index (χ2v) is 3.85. The van der Waals surface area contributed by atoms with Gasteiger partial charge in [-0.15, -0.1) is 0 Å². The van der Waals surface area contributed by atoms with E-state index in [1.165, 1.54) is 23.0 Å². The molecule has 0 bridgehead atoms. The van der Waals surface area contributed by atoms with Crippen LogP contribution in [0.4, 0.5) is 17.2 Å². The van der Waals surface area contributed by atoms with Gasteiger partial charge in [0.25, 0.3) is 11.6 Å². The van der Waals surface area contributed by atoms with Crippen molar-refractivity contribution in [1.29, 1.82) is 0 Å². The summed E-state index contributed by atoms with van der Waals surface area (Å²) < 4.78 is 1.37. The lowest BCUT2D eigenvalue weighted by molar-refractivity contribution is -0.384. The fraction of sp³-hybridized carbons (Fsp3) is 0.0909. The topological polar surface area (TPSA) is 116 Å². The summed E-state index contributed by atoms with van der Waals surface area (Å²) in [4.78, 5) is 26.0. The van der Waals surface area contributed by atoms with Crippen LogP contribution in [-0.4, -0.2) is 20.4 Å². The van der Waals surface area contributed by atoms with E-state index in [-0.39, 0.29) is 17.2 Å². The first kappa shape index (κ1) is 12.6. The highest BCUT2D eigenvalue weighted by Crippen LogP contribution is 2.18. The summed E-state index contributed by atoms with van der Waals surface area (Å²) in [6.45, 7) is 0. The molecular weight excluding hydrogens is 250 g/mol.